The van der Waals surface area contributed by atoms with Gasteiger partial charge in [-0.15, -0.1) is 0 Å². The Morgan fingerprint density at radius 3 is 2.18 bits per heavy atom. The number of nitrogens with zero attached hydrogens (tertiary/aromatic N) is 1. The Hall–Kier alpha value is -2.47. The minimum absolute atomic E-state index is 0.0128. The molecule has 1 fully saturated rings. The van der Waals surface area contributed by atoms with Gasteiger partial charge in [0.15, 0.2) is 0 Å². The first kappa shape index (κ1) is 20.3. The topological polar surface area (TPSA) is 130 Å². The van der Waals surface area contributed by atoms with Crippen molar-refractivity contribution < 1.29 is 31.5 Å². The lowest BCUT2D eigenvalue weighted by molar-refractivity contribution is 0.0697. The summed E-state index contributed by atoms with van der Waals surface area (Å²) in [7, 11) is -7.74. The monoisotopic (exact) mass is 426 g/mol. The molecule has 1 aliphatic heterocycles. The zero-order valence-electron chi connectivity index (χ0n) is 14.6. The average molecular weight is 426 g/mol. The molecule has 150 valence electrons. The van der Waals surface area contributed by atoms with Gasteiger partial charge in [0.1, 0.15) is 0 Å². The number of rotatable bonds is 6. The summed E-state index contributed by atoms with van der Waals surface area (Å²) >= 11 is 0. The Labute approximate surface area is 162 Å². The maximum atomic E-state index is 12.6. The molecule has 0 saturated carbocycles. The number of anilines is 1. The van der Waals surface area contributed by atoms with E-state index in [4.69, 9.17) is 9.84 Å². The van der Waals surface area contributed by atoms with Crippen LogP contribution in [0.25, 0.3) is 0 Å². The van der Waals surface area contributed by atoms with Gasteiger partial charge < -0.3 is 9.84 Å². The Balaban J connectivity index is 1.82. The van der Waals surface area contributed by atoms with E-state index in [1.807, 2.05) is 0 Å². The van der Waals surface area contributed by atoms with E-state index in [0.717, 1.165) is 0 Å². The molecule has 2 aromatic carbocycles. The van der Waals surface area contributed by atoms with Crippen LogP contribution in [0.15, 0.2) is 58.3 Å². The Kier molecular flexibility index (Phi) is 5.70. The number of benzene rings is 2. The van der Waals surface area contributed by atoms with E-state index in [1.165, 1.54) is 52.8 Å². The molecule has 0 unspecified atom stereocenters. The highest BCUT2D eigenvalue weighted by Crippen LogP contribution is 2.21. The Bertz CT molecular complexity index is 1070. The first-order valence-corrected chi connectivity index (χ1v) is 11.2. The minimum atomic E-state index is -4.01. The number of carboxylic acids is 1. The third-order valence-electron chi connectivity index (χ3n) is 4.10. The van der Waals surface area contributed by atoms with E-state index < -0.39 is 26.0 Å². The van der Waals surface area contributed by atoms with Crippen molar-refractivity contribution in [3.8, 4) is 0 Å². The first-order chi connectivity index (χ1) is 13.2. The zero-order valence-corrected chi connectivity index (χ0v) is 16.2. The molecule has 0 amide bonds. The largest absolute Gasteiger partial charge is 0.478 e. The second kappa shape index (κ2) is 7.87. The normalized spacial score (nSPS) is 15.9. The lowest BCUT2D eigenvalue weighted by Gasteiger charge is -2.26. The number of ether oxygens (including phenoxy) is 1. The van der Waals surface area contributed by atoms with Crippen LogP contribution >= 0.6 is 0 Å². The summed E-state index contributed by atoms with van der Waals surface area (Å²) in [6, 6.07) is 10.2. The second-order valence-corrected chi connectivity index (χ2v) is 9.60. The summed E-state index contributed by atoms with van der Waals surface area (Å²) in [4.78, 5) is 10.8. The zero-order chi connectivity index (χ0) is 20.4. The molecule has 11 heteroatoms. The molecular formula is C17H18N2O7S2. The predicted molar refractivity (Wildman–Crippen MR) is 100 cm³/mol. The molecule has 0 spiro atoms. The lowest BCUT2D eigenvalue weighted by atomic mass is 10.2. The SMILES string of the molecule is O=C(O)c1cccc(NS(=O)(=O)c2ccc(S(=O)(=O)N3CCOCC3)cc2)c1. The highest BCUT2D eigenvalue weighted by molar-refractivity contribution is 7.92. The molecule has 28 heavy (non-hydrogen) atoms. The van der Waals surface area contributed by atoms with Crippen LogP contribution in [0.4, 0.5) is 5.69 Å². The number of hydrogen-bond acceptors (Lipinski definition) is 6. The van der Waals surface area contributed by atoms with E-state index in [1.54, 1.807) is 0 Å². The fraction of sp³-hybridized carbons (Fsp3) is 0.235. The van der Waals surface area contributed by atoms with Crippen molar-refractivity contribution in [2.75, 3.05) is 31.0 Å². The first-order valence-electron chi connectivity index (χ1n) is 8.24. The van der Waals surface area contributed by atoms with Crippen LogP contribution in [0.5, 0.6) is 0 Å². The molecule has 0 atom stereocenters. The van der Waals surface area contributed by atoms with Crippen molar-refractivity contribution in [2.24, 2.45) is 0 Å². The van der Waals surface area contributed by atoms with E-state index in [0.29, 0.717) is 13.2 Å². The summed E-state index contributed by atoms with van der Waals surface area (Å²) in [6.07, 6.45) is 0. The summed E-state index contributed by atoms with van der Waals surface area (Å²) < 4.78 is 58.9. The van der Waals surface area contributed by atoms with Crippen molar-refractivity contribution in [1.82, 2.24) is 4.31 Å². The van der Waals surface area contributed by atoms with Crippen LogP contribution in [0.2, 0.25) is 0 Å². The van der Waals surface area contributed by atoms with E-state index in [-0.39, 0.29) is 34.1 Å². The van der Waals surface area contributed by atoms with Crippen molar-refractivity contribution in [2.45, 2.75) is 9.79 Å². The number of aromatic carboxylic acids is 1. The van der Waals surface area contributed by atoms with Gasteiger partial charge in [0.2, 0.25) is 10.0 Å². The molecule has 0 radical (unpaired) electrons. The van der Waals surface area contributed by atoms with Crippen molar-refractivity contribution >= 4 is 31.7 Å². The predicted octanol–water partition coefficient (Wildman–Crippen LogP) is 1.21. The molecule has 0 aliphatic carbocycles. The molecule has 0 aromatic heterocycles. The molecule has 1 saturated heterocycles. The van der Waals surface area contributed by atoms with Gasteiger partial charge in [-0.2, -0.15) is 4.31 Å². The molecule has 9 nitrogen and oxygen atoms in total. The molecule has 3 rings (SSSR count). The summed E-state index contributed by atoms with van der Waals surface area (Å²) in [5.41, 5.74) is 0.0251. The molecule has 1 aliphatic rings. The number of carboxylic acid groups (broad SMARTS) is 1. The van der Waals surface area contributed by atoms with Crippen LogP contribution < -0.4 is 4.72 Å². The van der Waals surface area contributed by atoms with Gasteiger partial charge in [-0.1, -0.05) is 6.07 Å². The van der Waals surface area contributed by atoms with Crippen LogP contribution in [0.1, 0.15) is 10.4 Å². The lowest BCUT2D eigenvalue weighted by Crippen LogP contribution is -2.40. The molecule has 0 bridgehead atoms. The van der Waals surface area contributed by atoms with Crippen molar-refractivity contribution in [1.29, 1.82) is 0 Å². The van der Waals surface area contributed by atoms with Gasteiger partial charge in [0, 0.05) is 18.8 Å². The van der Waals surface area contributed by atoms with Crippen LogP contribution in [0.3, 0.4) is 0 Å². The van der Waals surface area contributed by atoms with Crippen LogP contribution in [-0.4, -0.2) is 58.5 Å². The minimum Gasteiger partial charge on any atom is -0.478 e. The maximum Gasteiger partial charge on any atom is 0.335 e. The van der Waals surface area contributed by atoms with Gasteiger partial charge in [-0.05, 0) is 42.5 Å². The number of nitrogens with one attached hydrogen (secondary N) is 1. The number of sulfonamides is 2. The summed E-state index contributed by atoms with van der Waals surface area (Å²) in [6.45, 7) is 1.10. The Morgan fingerprint density at radius 2 is 1.57 bits per heavy atom. The van der Waals surface area contributed by atoms with E-state index in [9.17, 15) is 21.6 Å². The Morgan fingerprint density at radius 1 is 0.964 bits per heavy atom. The highest BCUT2D eigenvalue weighted by atomic mass is 32.2. The van der Waals surface area contributed by atoms with Crippen LogP contribution in [-0.2, 0) is 24.8 Å². The third-order valence-corrected chi connectivity index (χ3v) is 7.41. The van der Waals surface area contributed by atoms with Crippen molar-refractivity contribution in [3.05, 3.63) is 54.1 Å². The number of hydrogen-bond donors (Lipinski definition) is 2. The fourth-order valence-corrected chi connectivity index (χ4v) is 5.11. The number of carbonyl (C=O) groups is 1. The third kappa shape index (κ3) is 4.33. The van der Waals surface area contributed by atoms with Crippen LogP contribution in [0, 0.1) is 0 Å². The van der Waals surface area contributed by atoms with Gasteiger partial charge in [0.25, 0.3) is 10.0 Å². The van der Waals surface area contributed by atoms with Gasteiger partial charge in [-0.25, -0.2) is 21.6 Å². The van der Waals surface area contributed by atoms with E-state index >= 15 is 0 Å². The average Bonchev–Trinajstić information content (AvgIpc) is 2.68. The standard InChI is InChI=1S/C17H18N2O7S2/c20-17(21)13-2-1-3-14(12-13)18-27(22,23)15-4-6-16(7-5-15)28(24,25)19-8-10-26-11-9-19/h1-7,12,18H,8-11H2,(H,20,21). The molecule has 2 aromatic rings. The van der Waals surface area contributed by atoms with Gasteiger partial charge >= 0.3 is 5.97 Å². The van der Waals surface area contributed by atoms with E-state index in [2.05, 4.69) is 4.72 Å². The molecule has 2 N–H and O–H groups in total. The smallest absolute Gasteiger partial charge is 0.335 e. The summed E-state index contributed by atoms with van der Waals surface area (Å²) in [5.74, 6) is -1.18. The molecular weight excluding hydrogens is 408 g/mol. The second-order valence-electron chi connectivity index (χ2n) is 5.98. The molecule has 1 heterocycles. The highest BCUT2D eigenvalue weighted by Gasteiger charge is 2.26. The number of morpholine rings is 1. The van der Waals surface area contributed by atoms with Gasteiger partial charge in [0.05, 0.1) is 28.6 Å². The van der Waals surface area contributed by atoms with Crippen molar-refractivity contribution in [3.63, 3.8) is 0 Å². The summed E-state index contributed by atoms with van der Waals surface area (Å²) in [5, 5.41) is 8.99. The maximum absolute atomic E-state index is 12.6. The van der Waals surface area contributed by atoms with Gasteiger partial charge in [-0.3, -0.25) is 4.72 Å². The quantitative estimate of drug-likeness (QED) is 0.710. The fourth-order valence-electron chi connectivity index (χ4n) is 2.66.